The minimum Gasteiger partial charge on any atom is -0.493 e. The molecule has 2 aromatic rings. The zero-order chi connectivity index (χ0) is 20.3. The molecule has 3 rings (SSSR count). The van der Waals surface area contributed by atoms with Crippen LogP contribution in [0.1, 0.15) is 17.5 Å². The van der Waals surface area contributed by atoms with Crippen LogP contribution in [0.25, 0.3) is 0 Å². The molecule has 1 fully saturated rings. The highest BCUT2D eigenvalue weighted by Crippen LogP contribution is 2.39. The van der Waals surface area contributed by atoms with Gasteiger partial charge in [-0.2, -0.15) is 0 Å². The molecule has 0 spiro atoms. The first-order chi connectivity index (χ1) is 13.5. The van der Waals surface area contributed by atoms with E-state index >= 15 is 0 Å². The largest absolute Gasteiger partial charge is 0.493 e. The summed E-state index contributed by atoms with van der Waals surface area (Å²) in [5.74, 6) is 1.78. The number of carbonyl (C=O) groups excluding carboxylic acids is 1. The minimum atomic E-state index is -0.0562. The smallest absolute Gasteiger partial charge is 0.226 e. The highest BCUT2D eigenvalue weighted by Gasteiger charge is 2.32. The van der Waals surface area contributed by atoms with E-state index in [0.717, 1.165) is 17.5 Å². The number of halogens is 2. The predicted octanol–water partition coefficient (Wildman–Crippen LogP) is 4.61. The van der Waals surface area contributed by atoms with Crippen molar-refractivity contribution in [2.24, 2.45) is 5.92 Å². The van der Waals surface area contributed by atoms with Crippen LogP contribution in [-0.4, -0.2) is 38.7 Å². The van der Waals surface area contributed by atoms with Crippen LogP contribution < -0.4 is 14.2 Å². The molecular weight excluding hydrogens is 401 g/mol. The first kappa shape index (κ1) is 20.6. The van der Waals surface area contributed by atoms with Crippen molar-refractivity contribution in [1.29, 1.82) is 0 Å². The van der Waals surface area contributed by atoms with Crippen molar-refractivity contribution in [1.82, 2.24) is 4.90 Å². The monoisotopic (exact) mass is 423 g/mol. The maximum absolute atomic E-state index is 12.9. The molecule has 150 valence electrons. The Hall–Kier alpha value is -2.11. The van der Waals surface area contributed by atoms with Crippen LogP contribution in [-0.2, 0) is 17.8 Å². The fourth-order valence-corrected chi connectivity index (χ4v) is 3.87. The molecule has 0 N–H and O–H groups in total. The van der Waals surface area contributed by atoms with Gasteiger partial charge < -0.3 is 19.1 Å². The molecule has 7 heteroatoms. The summed E-state index contributed by atoms with van der Waals surface area (Å²) in [4.78, 5) is 14.7. The lowest BCUT2D eigenvalue weighted by Crippen LogP contribution is -2.27. The molecule has 0 saturated carbocycles. The first-order valence-corrected chi connectivity index (χ1v) is 9.74. The van der Waals surface area contributed by atoms with E-state index < -0.39 is 0 Å². The van der Waals surface area contributed by atoms with Gasteiger partial charge in [0.1, 0.15) is 0 Å². The maximum Gasteiger partial charge on any atom is 0.226 e. The number of nitrogens with zero attached hydrogens (tertiary/aromatic N) is 1. The summed E-state index contributed by atoms with van der Waals surface area (Å²) in [6.45, 7) is 1.20. The summed E-state index contributed by atoms with van der Waals surface area (Å²) in [5, 5.41) is 1.03. The molecule has 1 heterocycles. The molecule has 1 aliphatic heterocycles. The van der Waals surface area contributed by atoms with Gasteiger partial charge in [0.15, 0.2) is 11.5 Å². The topological polar surface area (TPSA) is 48.0 Å². The number of amides is 1. The number of likely N-dealkylation sites (tertiary alicyclic amines) is 1. The second-order valence-corrected chi connectivity index (χ2v) is 7.55. The van der Waals surface area contributed by atoms with E-state index in [0.29, 0.717) is 46.8 Å². The van der Waals surface area contributed by atoms with Crippen LogP contribution in [0, 0.1) is 5.92 Å². The first-order valence-electron chi connectivity index (χ1n) is 8.98. The number of rotatable bonds is 7. The number of benzene rings is 2. The number of methoxy groups -OCH3 is 3. The molecule has 1 saturated heterocycles. The summed E-state index contributed by atoms with van der Waals surface area (Å²) in [5.41, 5.74) is 1.94. The molecule has 0 radical (unpaired) electrons. The van der Waals surface area contributed by atoms with Gasteiger partial charge in [-0.15, -0.1) is 0 Å². The molecule has 2 aromatic carbocycles. The predicted molar refractivity (Wildman–Crippen MR) is 110 cm³/mol. The highest BCUT2D eigenvalue weighted by atomic mass is 35.5. The van der Waals surface area contributed by atoms with E-state index in [1.54, 1.807) is 27.4 Å². The SMILES string of the molecule is COc1cc(CN2CCC(Cc3ccc(Cl)c(Cl)c3)C2=O)cc(OC)c1OC. The Balaban J connectivity index is 1.72. The second kappa shape index (κ2) is 8.93. The van der Waals surface area contributed by atoms with Crippen molar-refractivity contribution < 1.29 is 19.0 Å². The maximum atomic E-state index is 12.9. The fourth-order valence-electron chi connectivity index (χ4n) is 3.55. The van der Waals surface area contributed by atoms with E-state index in [4.69, 9.17) is 37.4 Å². The summed E-state index contributed by atoms with van der Waals surface area (Å²) >= 11 is 12.1. The zero-order valence-corrected chi connectivity index (χ0v) is 17.6. The third-order valence-electron chi connectivity index (χ3n) is 4.97. The molecule has 0 bridgehead atoms. The van der Waals surface area contributed by atoms with Crippen molar-refractivity contribution >= 4 is 29.1 Å². The van der Waals surface area contributed by atoms with Gasteiger partial charge >= 0.3 is 0 Å². The van der Waals surface area contributed by atoms with Crippen molar-refractivity contribution in [2.75, 3.05) is 27.9 Å². The Labute approximate surface area is 175 Å². The van der Waals surface area contributed by atoms with Gasteiger partial charge in [-0.25, -0.2) is 0 Å². The number of ether oxygens (including phenoxy) is 3. The van der Waals surface area contributed by atoms with Crippen LogP contribution in [0.3, 0.4) is 0 Å². The Morgan fingerprint density at radius 1 is 0.964 bits per heavy atom. The van der Waals surface area contributed by atoms with Crippen LogP contribution in [0.4, 0.5) is 0 Å². The van der Waals surface area contributed by atoms with Gasteiger partial charge in [0.2, 0.25) is 11.7 Å². The Bertz CT molecular complexity index is 846. The Kier molecular flexibility index (Phi) is 6.57. The van der Waals surface area contributed by atoms with Crippen molar-refractivity contribution in [3.05, 3.63) is 51.5 Å². The van der Waals surface area contributed by atoms with Crippen LogP contribution >= 0.6 is 23.2 Å². The van der Waals surface area contributed by atoms with E-state index in [1.165, 1.54) is 0 Å². The lowest BCUT2D eigenvalue weighted by Gasteiger charge is -2.19. The van der Waals surface area contributed by atoms with E-state index in [1.807, 2.05) is 29.2 Å². The van der Waals surface area contributed by atoms with Crippen molar-refractivity contribution in [2.45, 2.75) is 19.4 Å². The standard InChI is InChI=1S/C21H23Cl2NO4/c1-26-18-10-14(11-19(27-2)20(18)28-3)12-24-7-6-15(21(24)25)8-13-4-5-16(22)17(23)9-13/h4-5,9-11,15H,6-8,12H2,1-3H3. The Morgan fingerprint density at radius 2 is 1.64 bits per heavy atom. The molecule has 1 unspecified atom stereocenters. The van der Waals surface area contributed by atoms with Gasteiger partial charge in [-0.05, 0) is 48.2 Å². The van der Waals surface area contributed by atoms with Crippen molar-refractivity contribution in [3.8, 4) is 17.2 Å². The van der Waals surface area contributed by atoms with Gasteiger partial charge in [-0.3, -0.25) is 4.79 Å². The van der Waals surface area contributed by atoms with E-state index in [9.17, 15) is 4.79 Å². The summed E-state index contributed by atoms with van der Waals surface area (Å²) in [7, 11) is 4.72. The third-order valence-corrected chi connectivity index (χ3v) is 5.71. The number of hydrogen-bond acceptors (Lipinski definition) is 4. The average Bonchev–Trinajstić information content (AvgIpc) is 3.03. The van der Waals surface area contributed by atoms with Crippen LogP contribution in [0.2, 0.25) is 10.0 Å². The molecule has 0 aromatic heterocycles. The lowest BCUT2D eigenvalue weighted by molar-refractivity contribution is -0.131. The molecular formula is C21H23Cl2NO4. The van der Waals surface area contributed by atoms with Gasteiger partial charge in [0.05, 0.1) is 31.4 Å². The molecule has 1 aliphatic rings. The lowest BCUT2D eigenvalue weighted by atomic mass is 9.98. The molecule has 1 amide bonds. The van der Waals surface area contributed by atoms with E-state index in [2.05, 4.69) is 0 Å². The molecule has 5 nitrogen and oxygen atoms in total. The van der Waals surface area contributed by atoms with Gasteiger partial charge in [-0.1, -0.05) is 29.3 Å². The van der Waals surface area contributed by atoms with Crippen LogP contribution in [0.5, 0.6) is 17.2 Å². The zero-order valence-electron chi connectivity index (χ0n) is 16.1. The number of carbonyl (C=O) groups is 1. The van der Waals surface area contributed by atoms with Crippen molar-refractivity contribution in [3.63, 3.8) is 0 Å². The summed E-state index contributed by atoms with van der Waals surface area (Å²) in [6, 6.07) is 9.27. The summed E-state index contributed by atoms with van der Waals surface area (Å²) in [6.07, 6.45) is 1.46. The summed E-state index contributed by atoms with van der Waals surface area (Å²) < 4.78 is 16.2. The molecule has 1 atom stereocenters. The quantitative estimate of drug-likeness (QED) is 0.652. The normalized spacial score (nSPS) is 16.4. The van der Waals surface area contributed by atoms with Gasteiger partial charge in [0.25, 0.3) is 0 Å². The van der Waals surface area contributed by atoms with E-state index in [-0.39, 0.29) is 11.8 Å². The highest BCUT2D eigenvalue weighted by molar-refractivity contribution is 6.42. The average molecular weight is 424 g/mol. The number of hydrogen-bond donors (Lipinski definition) is 0. The Morgan fingerprint density at radius 3 is 2.21 bits per heavy atom. The molecule has 0 aliphatic carbocycles. The second-order valence-electron chi connectivity index (χ2n) is 6.73. The van der Waals surface area contributed by atoms with Crippen LogP contribution in [0.15, 0.2) is 30.3 Å². The minimum absolute atomic E-state index is 0.0562. The molecule has 28 heavy (non-hydrogen) atoms. The fraction of sp³-hybridized carbons (Fsp3) is 0.381. The third kappa shape index (κ3) is 4.31. The van der Waals surface area contributed by atoms with Gasteiger partial charge in [0, 0.05) is 19.0 Å².